The van der Waals surface area contributed by atoms with Crippen LogP contribution in [0.3, 0.4) is 0 Å². The van der Waals surface area contributed by atoms with Gasteiger partial charge >= 0.3 is 6.18 Å². The van der Waals surface area contributed by atoms with Crippen LogP contribution in [0.5, 0.6) is 5.75 Å². The van der Waals surface area contributed by atoms with E-state index in [1.165, 1.54) is 18.5 Å². The highest BCUT2D eigenvalue weighted by Crippen LogP contribution is 2.31. The Morgan fingerprint density at radius 1 is 1.35 bits per heavy atom. The fourth-order valence-corrected chi connectivity index (χ4v) is 1.65. The fourth-order valence-electron chi connectivity index (χ4n) is 1.65. The zero-order valence-corrected chi connectivity index (χ0v) is 10.4. The van der Waals surface area contributed by atoms with Crippen LogP contribution in [0.15, 0.2) is 43.0 Å². The van der Waals surface area contributed by atoms with Crippen LogP contribution in [0.1, 0.15) is 5.56 Å². The molecule has 0 aliphatic carbocycles. The predicted molar refractivity (Wildman–Crippen MR) is 65.2 cm³/mol. The van der Waals surface area contributed by atoms with Crippen molar-refractivity contribution < 1.29 is 23.0 Å². The number of imidazole rings is 1. The van der Waals surface area contributed by atoms with Crippen molar-refractivity contribution in [2.24, 2.45) is 0 Å². The van der Waals surface area contributed by atoms with E-state index >= 15 is 0 Å². The molecule has 0 aliphatic heterocycles. The number of halogens is 3. The first kappa shape index (κ1) is 14.4. The highest BCUT2D eigenvalue weighted by Gasteiger charge is 2.30. The maximum absolute atomic E-state index is 12.5. The molecule has 0 bridgehead atoms. The molecule has 4 nitrogen and oxygen atoms in total. The smallest absolute Gasteiger partial charge is 0.416 e. The quantitative estimate of drug-likeness (QED) is 0.917. The number of hydrogen-bond acceptors (Lipinski definition) is 3. The molecule has 1 aromatic carbocycles. The summed E-state index contributed by atoms with van der Waals surface area (Å²) in [5.41, 5.74) is -0.779. The molecule has 0 spiro atoms. The van der Waals surface area contributed by atoms with Gasteiger partial charge < -0.3 is 14.4 Å². The van der Waals surface area contributed by atoms with E-state index in [9.17, 15) is 18.3 Å². The van der Waals surface area contributed by atoms with E-state index in [4.69, 9.17) is 4.74 Å². The summed E-state index contributed by atoms with van der Waals surface area (Å²) in [6, 6.07) is 4.55. The Balaban J connectivity index is 1.90. The van der Waals surface area contributed by atoms with Crippen molar-refractivity contribution in [3.05, 3.63) is 48.5 Å². The molecule has 0 amide bonds. The largest absolute Gasteiger partial charge is 0.491 e. The molecule has 0 saturated carbocycles. The van der Waals surface area contributed by atoms with E-state index in [1.807, 2.05) is 0 Å². The lowest BCUT2D eigenvalue weighted by molar-refractivity contribution is -0.137. The third kappa shape index (κ3) is 3.99. The Bertz CT molecular complexity index is 541. The van der Waals surface area contributed by atoms with Crippen molar-refractivity contribution in [3.8, 4) is 5.75 Å². The van der Waals surface area contributed by atoms with Gasteiger partial charge in [0.05, 0.1) is 18.4 Å². The zero-order chi connectivity index (χ0) is 14.6. The van der Waals surface area contributed by atoms with Gasteiger partial charge in [-0.1, -0.05) is 6.07 Å². The van der Waals surface area contributed by atoms with Crippen LogP contribution in [-0.2, 0) is 12.7 Å². The maximum Gasteiger partial charge on any atom is 0.416 e. The average Bonchev–Trinajstić information content (AvgIpc) is 2.88. The lowest BCUT2D eigenvalue weighted by atomic mass is 10.2. The Labute approximate surface area is 113 Å². The van der Waals surface area contributed by atoms with Crippen LogP contribution in [0.4, 0.5) is 13.2 Å². The van der Waals surface area contributed by atoms with Crippen molar-refractivity contribution in [3.63, 3.8) is 0 Å². The molecular weight excluding hydrogens is 273 g/mol. The zero-order valence-electron chi connectivity index (χ0n) is 10.4. The Morgan fingerprint density at radius 3 is 2.80 bits per heavy atom. The molecular formula is C13H13F3N2O2. The molecule has 108 valence electrons. The van der Waals surface area contributed by atoms with Crippen molar-refractivity contribution in [1.82, 2.24) is 9.55 Å². The lowest BCUT2D eigenvalue weighted by Gasteiger charge is -2.14. The molecule has 1 aromatic heterocycles. The predicted octanol–water partition coefficient (Wildman–Crippen LogP) is 2.34. The lowest BCUT2D eigenvalue weighted by Crippen LogP contribution is -2.23. The van der Waals surface area contributed by atoms with Crippen LogP contribution in [0.25, 0.3) is 0 Å². The summed E-state index contributed by atoms with van der Waals surface area (Å²) < 4.78 is 44.3. The van der Waals surface area contributed by atoms with Gasteiger partial charge in [0, 0.05) is 12.4 Å². The molecule has 2 aromatic rings. The average molecular weight is 286 g/mol. The van der Waals surface area contributed by atoms with Crippen molar-refractivity contribution in [2.45, 2.75) is 18.8 Å². The van der Waals surface area contributed by atoms with Crippen molar-refractivity contribution >= 4 is 0 Å². The van der Waals surface area contributed by atoms with E-state index in [0.717, 1.165) is 12.1 Å². The first-order chi connectivity index (χ1) is 9.45. The Hall–Kier alpha value is -2.02. The molecule has 2 rings (SSSR count). The van der Waals surface area contributed by atoms with Gasteiger partial charge in [0.25, 0.3) is 0 Å². The normalized spacial score (nSPS) is 13.2. The van der Waals surface area contributed by atoms with Crippen molar-refractivity contribution in [1.29, 1.82) is 0 Å². The summed E-state index contributed by atoms with van der Waals surface area (Å²) in [6.45, 7) is 0.165. The van der Waals surface area contributed by atoms with Crippen LogP contribution in [0, 0.1) is 0 Å². The summed E-state index contributed by atoms with van der Waals surface area (Å²) in [4.78, 5) is 3.82. The minimum Gasteiger partial charge on any atom is -0.491 e. The van der Waals surface area contributed by atoms with E-state index in [-0.39, 0.29) is 18.9 Å². The Morgan fingerprint density at radius 2 is 2.15 bits per heavy atom. The number of aromatic nitrogens is 2. The number of nitrogens with zero attached hydrogens (tertiary/aromatic N) is 2. The van der Waals surface area contributed by atoms with Gasteiger partial charge in [-0.15, -0.1) is 0 Å². The van der Waals surface area contributed by atoms with E-state index in [0.29, 0.717) is 0 Å². The van der Waals surface area contributed by atoms with Gasteiger partial charge in [-0.2, -0.15) is 13.2 Å². The van der Waals surface area contributed by atoms with E-state index in [2.05, 4.69) is 4.98 Å². The standard InChI is InChI=1S/C13H13F3N2O2/c14-13(15,16)10-2-1-3-12(6-10)20-8-11(19)7-18-5-4-17-9-18/h1-6,9,11,19H,7-8H2. The van der Waals surface area contributed by atoms with Gasteiger partial charge in [-0.3, -0.25) is 0 Å². The number of ether oxygens (including phenoxy) is 1. The minimum absolute atomic E-state index is 0.0736. The number of hydrogen-bond donors (Lipinski definition) is 1. The highest BCUT2D eigenvalue weighted by atomic mass is 19.4. The summed E-state index contributed by atoms with van der Waals surface area (Å²) in [5.74, 6) is 0.0736. The van der Waals surface area contributed by atoms with Gasteiger partial charge in [-0.25, -0.2) is 4.98 Å². The number of aliphatic hydroxyl groups is 1. The fraction of sp³-hybridized carbons (Fsp3) is 0.308. The summed E-state index contributed by atoms with van der Waals surface area (Å²) in [5, 5.41) is 9.72. The number of aliphatic hydroxyl groups excluding tert-OH is 1. The maximum atomic E-state index is 12.5. The Kier molecular flexibility index (Phi) is 4.29. The van der Waals surface area contributed by atoms with Gasteiger partial charge in [0.1, 0.15) is 18.5 Å². The van der Waals surface area contributed by atoms with Crippen LogP contribution in [0.2, 0.25) is 0 Å². The number of benzene rings is 1. The first-order valence-corrected chi connectivity index (χ1v) is 5.89. The van der Waals surface area contributed by atoms with Crippen LogP contribution >= 0.6 is 0 Å². The second-order valence-electron chi connectivity index (χ2n) is 4.25. The molecule has 1 heterocycles. The summed E-state index contributed by atoms with van der Waals surface area (Å²) in [7, 11) is 0. The molecule has 7 heteroatoms. The van der Waals surface area contributed by atoms with Crippen LogP contribution < -0.4 is 4.74 Å². The molecule has 0 aliphatic rings. The monoisotopic (exact) mass is 286 g/mol. The first-order valence-electron chi connectivity index (χ1n) is 5.89. The van der Waals surface area contributed by atoms with E-state index in [1.54, 1.807) is 17.0 Å². The summed E-state index contributed by atoms with van der Waals surface area (Å²) >= 11 is 0. The number of rotatable bonds is 5. The van der Waals surface area contributed by atoms with Crippen LogP contribution in [-0.4, -0.2) is 27.4 Å². The van der Waals surface area contributed by atoms with Crippen molar-refractivity contribution in [2.75, 3.05) is 6.61 Å². The molecule has 1 N–H and O–H groups in total. The second-order valence-corrected chi connectivity index (χ2v) is 4.25. The second kappa shape index (κ2) is 5.96. The SMILES string of the molecule is OC(COc1cccc(C(F)(F)F)c1)Cn1ccnc1. The van der Waals surface area contributed by atoms with Gasteiger partial charge in [0.2, 0.25) is 0 Å². The minimum atomic E-state index is -4.41. The van der Waals surface area contributed by atoms with Gasteiger partial charge in [-0.05, 0) is 18.2 Å². The topological polar surface area (TPSA) is 47.3 Å². The molecule has 0 radical (unpaired) electrons. The molecule has 20 heavy (non-hydrogen) atoms. The molecule has 0 fully saturated rings. The summed E-state index contributed by atoms with van der Waals surface area (Å²) in [6.07, 6.45) is -0.463. The number of alkyl halides is 3. The van der Waals surface area contributed by atoms with E-state index < -0.39 is 17.8 Å². The molecule has 1 atom stereocenters. The molecule has 0 saturated heterocycles. The third-order valence-corrected chi connectivity index (χ3v) is 2.58. The molecule has 1 unspecified atom stereocenters. The highest BCUT2D eigenvalue weighted by molar-refractivity contribution is 5.30. The van der Waals surface area contributed by atoms with Gasteiger partial charge in [0.15, 0.2) is 0 Å². The third-order valence-electron chi connectivity index (χ3n) is 2.58.